The molecule has 0 aromatic heterocycles. The molecule has 1 aliphatic heterocycles. The van der Waals surface area contributed by atoms with E-state index in [0.29, 0.717) is 23.8 Å². The third-order valence-electron chi connectivity index (χ3n) is 5.14. The fraction of sp³-hybridized carbons (Fsp3) is 0.632. The Morgan fingerprint density at radius 2 is 2.08 bits per heavy atom. The number of carbonyl (C=O) groups is 1. The van der Waals surface area contributed by atoms with Crippen LogP contribution in [0.3, 0.4) is 0 Å². The Morgan fingerprint density at radius 1 is 1.38 bits per heavy atom. The van der Waals surface area contributed by atoms with Crippen LogP contribution < -0.4 is 10.2 Å². The molecule has 2 rings (SSSR count). The molecule has 0 saturated carbocycles. The van der Waals surface area contributed by atoms with E-state index in [9.17, 15) is 14.9 Å². The fourth-order valence-electron chi connectivity index (χ4n) is 3.56. The summed E-state index contributed by atoms with van der Waals surface area (Å²) in [4.78, 5) is 25.1. The van der Waals surface area contributed by atoms with Crippen LogP contribution >= 0.6 is 0 Å². The van der Waals surface area contributed by atoms with E-state index in [2.05, 4.69) is 19.2 Å². The highest BCUT2D eigenvalue weighted by Gasteiger charge is 2.29. The van der Waals surface area contributed by atoms with Gasteiger partial charge in [-0.15, -0.1) is 0 Å². The first-order valence-corrected chi connectivity index (χ1v) is 9.25. The van der Waals surface area contributed by atoms with Gasteiger partial charge in [-0.05, 0) is 30.9 Å². The minimum atomic E-state index is -0.455. The smallest absolute Gasteiger partial charge is 0.293 e. The highest BCUT2D eigenvalue weighted by atomic mass is 16.6. The lowest BCUT2D eigenvalue weighted by molar-refractivity contribution is -0.384. The Morgan fingerprint density at radius 3 is 2.65 bits per heavy atom. The summed E-state index contributed by atoms with van der Waals surface area (Å²) in [5, 5.41) is 14.3. The number of benzene rings is 1. The van der Waals surface area contributed by atoms with Gasteiger partial charge in [-0.2, -0.15) is 0 Å². The van der Waals surface area contributed by atoms with E-state index in [1.165, 1.54) is 6.07 Å². The maximum atomic E-state index is 12.6. The Kier molecular flexibility index (Phi) is 6.97. The molecule has 1 amide bonds. The number of anilines is 1. The van der Waals surface area contributed by atoms with Crippen molar-refractivity contribution in [2.75, 3.05) is 25.6 Å². The molecule has 0 aliphatic carbocycles. The standard InChI is InChI=1S/C19H29N3O4/c1-5-13(6-2)18-12-15(9-10-26-18)20-19(23)14-7-8-16(21(3)4)17(11-14)22(24)25/h7-8,11,13,15,18H,5-6,9-10,12H2,1-4H3,(H,20,23)/t15-,18+/m0/s1. The summed E-state index contributed by atoms with van der Waals surface area (Å²) in [6.45, 7) is 4.95. The summed E-state index contributed by atoms with van der Waals surface area (Å²) < 4.78 is 5.89. The molecule has 7 nitrogen and oxygen atoms in total. The molecule has 0 bridgehead atoms. The van der Waals surface area contributed by atoms with Crippen LogP contribution in [0.5, 0.6) is 0 Å². The lowest BCUT2D eigenvalue weighted by Gasteiger charge is -2.34. The minimum absolute atomic E-state index is 0.0365. The molecule has 144 valence electrons. The van der Waals surface area contributed by atoms with Crippen LogP contribution in [0.1, 0.15) is 49.9 Å². The zero-order valence-corrected chi connectivity index (χ0v) is 16.0. The van der Waals surface area contributed by atoms with Crippen LogP contribution in [0.4, 0.5) is 11.4 Å². The van der Waals surface area contributed by atoms with Gasteiger partial charge in [-0.1, -0.05) is 26.7 Å². The van der Waals surface area contributed by atoms with Crippen LogP contribution in [0, 0.1) is 16.0 Å². The fourth-order valence-corrected chi connectivity index (χ4v) is 3.56. The Bertz CT molecular complexity index is 644. The summed E-state index contributed by atoms with van der Waals surface area (Å²) in [6, 6.07) is 4.64. The van der Waals surface area contributed by atoms with Gasteiger partial charge in [0, 0.05) is 38.4 Å². The number of nitro benzene ring substituents is 1. The van der Waals surface area contributed by atoms with Gasteiger partial charge >= 0.3 is 0 Å². The first-order valence-electron chi connectivity index (χ1n) is 9.25. The van der Waals surface area contributed by atoms with Crippen LogP contribution in [0.15, 0.2) is 18.2 Å². The lowest BCUT2D eigenvalue weighted by atomic mass is 9.89. The zero-order chi connectivity index (χ0) is 19.3. The van der Waals surface area contributed by atoms with E-state index in [0.717, 1.165) is 25.7 Å². The minimum Gasteiger partial charge on any atom is -0.378 e. The second-order valence-corrected chi connectivity index (χ2v) is 7.04. The molecule has 0 spiro atoms. The predicted octanol–water partition coefficient (Wildman–Crippen LogP) is 3.37. The number of nitrogens with one attached hydrogen (secondary N) is 1. The third kappa shape index (κ3) is 4.72. The Labute approximate surface area is 154 Å². The average Bonchev–Trinajstić information content (AvgIpc) is 2.62. The van der Waals surface area contributed by atoms with Gasteiger partial charge in [0.2, 0.25) is 0 Å². The van der Waals surface area contributed by atoms with Crippen molar-refractivity contribution in [1.29, 1.82) is 0 Å². The quantitative estimate of drug-likeness (QED) is 0.593. The topological polar surface area (TPSA) is 84.7 Å². The number of rotatable bonds is 7. The van der Waals surface area contributed by atoms with Crippen molar-refractivity contribution in [1.82, 2.24) is 5.32 Å². The highest BCUT2D eigenvalue weighted by Crippen LogP contribution is 2.28. The van der Waals surface area contributed by atoms with Crippen molar-refractivity contribution in [2.24, 2.45) is 5.92 Å². The molecule has 1 N–H and O–H groups in total. The van der Waals surface area contributed by atoms with E-state index in [1.54, 1.807) is 31.1 Å². The zero-order valence-electron chi connectivity index (χ0n) is 16.0. The number of nitro groups is 1. The van der Waals surface area contributed by atoms with Crippen molar-refractivity contribution >= 4 is 17.3 Å². The number of ether oxygens (including phenoxy) is 1. The van der Waals surface area contributed by atoms with Crippen LogP contribution in [-0.2, 0) is 4.74 Å². The molecule has 1 aliphatic rings. The second-order valence-electron chi connectivity index (χ2n) is 7.04. The predicted molar refractivity (Wildman–Crippen MR) is 102 cm³/mol. The summed E-state index contributed by atoms with van der Waals surface area (Å²) in [5.74, 6) is 0.226. The second kappa shape index (κ2) is 8.98. The number of hydrogen-bond donors (Lipinski definition) is 1. The molecular weight excluding hydrogens is 334 g/mol. The van der Waals surface area contributed by atoms with Gasteiger partial charge in [0.15, 0.2) is 0 Å². The summed E-state index contributed by atoms with van der Waals surface area (Å²) >= 11 is 0. The first-order chi connectivity index (χ1) is 12.4. The summed E-state index contributed by atoms with van der Waals surface area (Å²) in [6.07, 6.45) is 3.82. The van der Waals surface area contributed by atoms with Gasteiger partial charge in [-0.25, -0.2) is 0 Å². The monoisotopic (exact) mass is 363 g/mol. The highest BCUT2D eigenvalue weighted by molar-refractivity contribution is 5.96. The van der Waals surface area contributed by atoms with E-state index >= 15 is 0 Å². The van der Waals surface area contributed by atoms with Crippen molar-refractivity contribution in [2.45, 2.75) is 51.7 Å². The first kappa shape index (κ1) is 20.2. The number of amides is 1. The maximum Gasteiger partial charge on any atom is 0.293 e. The van der Waals surface area contributed by atoms with Crippen LogP contribution in [-0.4, -0.2) is 43.7 Å². The van der Waals surface area contributed by atoms with Crippen molar-refractivity contribution in [3.8, 4) is 0 Å². The van der Waals surface area contributed by atoms with Gasteiger partial charge in [0.05, 0.1) is 11.0 Å². The molecule has 1 saturated heterocycles. The molecule has 0 unspecified atom stereocenters. The van der Waals surface area contributed by atoms with E-state index < -0.39 is 4.92 Å². The molecule has 2 atom stereocenters. The Hall–Kier alpha value is -2.15. The average molecular weight is 363 g/mol. The molecule has 26 heavy (non-hydrogen) atoms. The molecule has 1 fully saturated rings. The van der Waals surface area contributed by atoms with Crippen molar-refractivity contribution in [3.63, 3.8) is 0 Å². The van der Waals surface area contributed by atoms with Gasteiger partial charge in [0.25, 0.3) is 11.6 Å². The number of carbonyl (C=O) groups excluding carboxylic acids is 1. The number of nitrogens with zero attached hydrogens (tertiary/aromatic N) is 2. The van der Waals surface area contributed by atoms with Crippen LogP contribution in [0.25, 0.3) is 0 Å². The van der Waals surface area contributed by atoms with E-state index in [1.807, 2.05) is 0 Å². The molecule has 0 radical (unpaired) electrons. The molecular formula is C19H29N3O4. The lowest BCUT2D eigenvalue weighted by Crippen LogP contribution is -2.44. The normalized spacial score (nSPS) is 20.0. The Balaban J connectivity index is 2.09. The molecule has 7 heteroatoms. The van der Waals surface area contributed by atoms with Crippen molar-refractivity contribution in [3.05, 3.63) is 33.9 Å². The largest absolute Gasteiger partial charge is 0.378 e. The van der Waals surface area contributed by atoms with Gasteiger partial charge in [0.1, 0.15) is 5.69 Å². The molecule has 1 aromatic rings. The summed E-state index contributed by atoms with van der Waals surface area (Å²) in [7, 11) is 3.48. The van der Waals surface area contributed by atoms with E-state index in [-0.39, 0.29) is 23.7 Å². The van der Waals surface area contributed by atoms with Gasteiger partial charge < -0.3 is 15.0 Å². The molecule has 1 aromatic carbocycles. The SMILES string of the molecule is CCC(CC)[C@H]1C[C@@H](NC(=O)c2ccc(N(C)C)c([N+](=O)[O-])c2)CCO1. The van der Waals surface area contributed by atoms with Crippen LogP contribution in [0.2, 0.25) is 0 Å². The molecule has 1 heterocycles. The van der Waals surface area contributed by atoms with Crippen molar-refractivity contribution < 1.29 is 14.5 Å². The van der Waals surface area contributed by atoms with Gasteiger partial charge in [-0.3, -0.25) is 14.9 Å². The summed E-state index contributed by atoms with van der Waals surface area (Å²) in [5.41, 5.74) is 0.726. The maximum absolute atomic E-state index is 12.6. The van der Waals surface area contributed by atoms with E-state index in [4.69, 9.17) is 4.74 Å². The third-order valence-corrected chi connectivity index (χ3v) is 5.14. The number of hydrogen-bond acceptors (Lipinski definition) is 5.